The largest absolute Gasteiger partial charge is 0.490 e. The molecular weight excluding hydrogens is 456 g/mol. The molecular formula is C29H32N2O5. The summed E-state index contributed by atoms with van der Waals surface area (Å²) in [6.07, 6.45) is 7.22. The Bertz CT molecular complexity index is 1190. The summed E-state index contributed by atoms with van der Waals surface area (Å²) in [6.45, 7) is 8.55. The third-order valence-electron chi connectivity index (χ3n) is 6.46. The van der Waals surface area contributed by atoms with E-state index < -0.39 is 17.8 Å². The van der Waals surface area contributed by atoms with Crippen molar-refractivity contribution in [2.75, 3.05) is 6.61 Å². The molecule has 0 unspecified atom stereocenters. The summed E-state index contributed by atoms with van der Waals surface area (Å²) in [5, 5.41) is 2.33. The lowest BCUT2D eigenvalue weighted by atomic mass is 10.0. The highest BCUT2D eigenvalue weighted by molar-refractivity contribution is 6.31. The molecule has 0 bridgehead atoms. The van der Waals surface area contributed by atoms with Gasteiger partial charge in [-0.2, -0.15) is 0 Å². The van der Waals surface area contributed by atoms with Gasteiger partial charge in [0.25, 0.3) is 11.8 Å². The van der Waals surface area contributed by atoms with Crippen molar-refractivity contribution in [2.24, 2.45) is 0 Å². The first-order valence-electron chi connectivity index (χ1n) is 12.4. The van der Waals surface area contributed by atoms with E-state index in [-0.39, 0.29) is 11.6 Å². The number of rotatable bonds is 9. The minimum atomic E-state index is -0.692. The van der Waals surface area contributed by atoms with Gasteiger partial charge in [-0.3, -0.25) is 19.8 Å². The van der Waals surface area contributed by atoms with E-state index in [9.17, 15) is 14.4 Å². The Morgan fingerprint density at radius 3 is 2.47 bits per heavy atom. The average molecular weight is 489 g/mol. The van der Waals surface area contributed by atoms with E-state index in [0.717, 1.165) is 36.8 Å². The molecule has 4 amide bonds. The Hall–Kier alpha value is -3.87. The summed E-state index contributed by atoms with van der Waals surface area (Å²) in [5.41, 5.74) is 3.56. The van der Waals surface area contributed by atoms with Gasteiger partial charge in [0.05, 0.1) is 6.61 Å². The third kappa shape index (κ3) is 5.51. The number of carbonyl (C=O) groups is 3. The summed E-state index contributed by atoms with van der Waals surface area (Å²) in [6, 6.07) is 10.9. The Labute approximate surface area is 211 Å². The molecule has 0 spiro atoms. The lowest BCUT2D eigenvalue weighted by molar-refractivity contribution is -0.131. The van der Waals surface area contributed by atoms with Crippen LogP contribution in [0.1, 0.15) is 54.9 Å². The molecule has 0 aromatic heterocycles. The van der Waals surface area contributed by atoms with Crippen LogP contribution in [-0.4, -0.2) is 35.4 Å². The van der Waals surface area contributed by atoms with Crippen molar-refractivity contribution < 1.29 is 23.9 Å². The Morgan fingerprint density at radius 1 is 1.08 bits per heavy atom. The van der Waals surface area contributed by atoms with Crippen molar-refractivity contribution in [2.45, 2.75) is 58.6 Å². The molecule has 1 heterocycles. The van der Waals surface area contributed by atoms with E-state index >= 15 is 0 Å². The van der Waals surface area contributed by atoms with Crippen LogP contribution >= 0.6 is 0 Å². The lowest BCUT2D eigenvalue weighted by Gasteiger charge is -2.31. The highest BCUT2D eigenvalue weighted by atomic mass is 16.5. The first-order chi connectivity index (χ1) is 17.4. The van der Waals surface area contributed by atoms with Gasteiger partial charge in [0.15, 0.2) is 11.5 Å². The lowest BCUT2D eigenvalue weighted by Crippen LogP contribution is -2.57. The van der Waals surface area contributed by atoms with Crippen LogP contribution in [-0.2, 0) is 22.6 Å². The van der Waals surface area contributed by atoms with Crippen molar-refractivity contribution in [1.29, 1.82) is 0 Å². The van der Waals surface area contributed by atoms with Crippen LogP contribution in [0.15, 0.2) is 54.6 Å². The van der Waals surface area contributed by atoms with Gasteiger partial charge in [0.2, 0.25) is 0 Å². The predicted octanol–water partition coefficient (Wildman–Crippen LogP) is 5.11. The Kier molecular flexibility index (Phi) is 7.88. The van der Waals surface area contributed by atoms with E-state index in [0.29, 0.717) is 36.7 Å². The highest BCUT2D eigenvalue weighted by Gasteiger charge is 2.40. The standard InChI is InChI=1S/C29H32N2O5/c1-4-8-22-15-21(16-24-27(32)30-29(34)31(28(24)33)23-9-6-7-10-23)17-25(35-5-2)26(22)36-18-20-13-11-19(3)12-14-20/h4,11-17,23H,1,5-10,18H2,2-3H3,(H,30,32,34)/b24-16+. The van der Waals surface area contributed by atoms with Gasteiger partial charge in [-0.15, -0.1) is 6.58 Å². The smallest absolute Gasteiger partial charge is 0.331 e. The predicted molar refractivity (Wildman–Crippen MR) is 138 cm³/mol. The Morgan fingerprint density at radius 2 is 1.81 bits per heavy atom. The number of hydrogen-bond acceptors (Lipinski definition) is 5. The molecule has 0 atom stereocenters. The molecule has 2 aromatic carbocycles. The quantitative estimate of drug-likeness (QED) is 0.301. The van der Waals surface area contributed by atoms with Gasteiger partial charge < -0.3 is 9.47 Å². The number of hydrogen-bond donors (Lipinski definition) is 1. The molecule has 7 nitrogen and oxygen atoms in total. The van der Waals surface area contributed by atoms with Crippen molar-refractivity contribution in [1.82, 2.24) is 10.2 Å². The van der Waals surface area contributed by atoms with E-state index in [1.54, 1.807) is 12.1 Å². The van der Waals surface area contributed by atoms with Crippen molar-refractivity contribution in [3.63, 3.8) is 0 Å². The number of urea groups is 1. The average Bonchev–Trinajstić information content (AvgIpc) is 3.37. The van der Waals surface area contributed by atoms with E-state index in [1.807, 2.05) is 44.2 Å². The van der Waals surface area contributed by atoms with Gasteiger partial charge in [0.1, 0.15) is 12.2 Å². The fourth-order valence-corrected chi connectivity index (χ4v) is 4.67. The Balaban J connectivity index is 1.68. The van der Waals surface area contributed by atoms with Gasteiger partial charge in [-0.1, -0.05) is 48.7 Å². The maximum Gasteiger partial charge on any atom is 0.331 e. The summed E-state index contributed by atoms with van der Waals surface area (Å²) in [4.78, 5) is 39.5. The normalized spacial score (nSPS) is 17.4. The molecule has 1 aliphatic heterocycles. The zero-order valence-electron chi connectivity index (χ0n) is 20.8. The van der Waals surface area contributed by atoms with Crippen LogP contribution in [0.4, 0.5) is 4.79 Å². The SMILES string of the molecule is C=CCc1cc(/C=C2\C(=O)NC(=O)N(C3CCCC3)C2=O)cc(OCC)c1OCc1ccc(C)cc1. The summed E-state index contributed by atoms with van der Waals surface area (Å²) >= 11 is 0. The maximum absolute atomic E-state index is 13.2. The molecule has 188 valence electrons. The minimum absolute atomic E-state index is 0.0678. The second-order valence-corrected chi connectivity index (χ2v) is 9.14. The molecule has 1 saturated heterocycles. The molecule has 1 saturated carbocycles. The number of barbiturate groups is 1. The number of aryl methyl sites for hydroxylation is 1. The number of allylic oxidation sites excluding steroid dienone is 1. The number of carbonyl (C=O) groups excluding carboxylic acids is 3. The molecule has 2 aromatic rings. The molecule has 1 aliphatic carbocycles. The second kappa shape index (κ2) is 11.2. The minimum Gasteiger partial charge on any atom is -0.490 e. The molecule has 7 heteroatoms. The van der Waals surface area contributed by atoms with Crippen molar-refractivity contribution in [3.05, 3.63) is 76.9 Å². The number of amides is 4. The number of nitrogens with one attached hydrogen (secondary N) is 1. The van der Waals surface area contributed by atoms with Crippen LogP contribution in [0.5, 0.6) is 11.5 Å². The third-order valence-corrected chi connectivity index (χ3v) is 6.46. The van der Waals surface area contributed by atoms with Gasteiger partial charge in [-0.05, 0) is 62.4 Å². The first kappa shape index (κ1) is 25.2. The van der Waals surface area contributed by atoms with E-state index in [4.69, 9.17) is 9.47 Å². The fraction of sp³-hybridized carbons (Fsp3) is 0.345. The number of benzene rings is 2. The van der Waals surface area contributed by atoms with Gasteiger partial charge >= 0.3 is 6.03 Å². The summed E-state index contributed by atoms with van der Waals surface area (Å²) in [7, 11) is 0. The summed E-state index contributed by atoms with van der Waals surface area (Å²) in [5.74, 6) is -0.134. The van der Waals surface area contributed by atoms with Gasteiger partial charge in [0, 0.05) is 11.6 Å². The van der Waals surface area contributed by atoms with E-state index in [2.05, 4.69) is 11.9 Å². The van der Waals surface area contributed by atoms with Crippen LogP contribution < -0.4 is 14.8 Å². The highest BCUT2D eigenvalue weighted by Crippen LogP contribution is 2.36. The topological polar surface area (TPSA) is 84.9 Å². The molecule has 2 aliphatic rings. The van der Waals surface area contributed by atoms with Crippen LogP contribution in [0.25, 0.3) is 6.08 Å². The molecule has 2 fully saturated rings. The second-order valence-electron chi connectivity index (χ2n) is 9.14. The first-order valence-corrected chi connectivity index (χ1v) is 12.4. The van der Waals surface area contributed by atoms with Crippen LogP contribution in [0, 0.1) is 6.92 Å². The van der Waals surface area contributed by atoms with Crippen LogP contribution in [0.3, 0.4) is 0 Å². The number of imide groups is 2. The molecule has 0 radical (unpaired) electrons. The number of nitrogens with zero attached hydrogens (tertiary/aromatic N) is 1. The molecule has 1 N–H and O–H groups in total. The van der Waals surface area contributed by atoms with Crippen LogP contribution in [0.2, 0.25) is 0 Å². The monoisotopic (exact) mass is 488 g/mol. The molecule has 36 heavy (non-hydrogen) atoms. The van der Waals surface area contributed by atoms with Crippen molar-refractivity contribution in [3.8, 4) is 11.5 Å². The summed E-state index contributed by atoms with van der Waals surface area (Å²) < 4.78 is 12.1. The van der Waals surface area contributed by atoms with E-state index in [1.165, 1.54) is 16.5 Å². The zero-order valence-corrected chi connectivity index (χ0v) is 20.8. The molecule has 4 rings (SSSR count). The number of ether oxygens (including phenoxy) is 2. The van der Waals surface area contributed by atoms with Crippen molar-refractivity contribution >= 4 is 23.9 Å². The maximum atomic E-state index is 13.2. The zero-order chi connectivity index (χ0) is 25.7. The van der Waals surface area contributed by atoms with Gasteiger partial charge in [-0.25, -0.2) is 4.79 Å². The fourth-order valence-electron chi connectivity index (χ4n) is 4.67.